The molecule has 0 radical (unpaired) electrons. The Kier molecular flexibility index (Phi) is 8.27. The Balaban J connectivity index is 1.33. The molecule has 2 aromatic carbocycles. The van der Waals surface area contributed by atoms with Crippen molar-refractivity contribution in [3.05, 3.63) is 48.5 Å². The molecular weight excluding hydrogens is 462 g/mol. The van der Waals surface area contributed by atoms with Crippen LogP contribution in [0.1, 0.15) is 6.42 Å². The predicted molar refractivity (Wildman–Crippen MR) is 136 cm³/mol. The summed E-state index contributed by atoms with van der Waals surface area (Å²) in [6.07, 6.45) is -0.126. The second kappa shape index (κ2) is 11.8. The van der Waals surface area contributed by atoms with Crippen molar-refractivity contribution >= 4 is 29.1 Å². The number of nitrogens with zero attached hydrogens (tertiary/aromatic N) is 3. The van der Waals surface area contributed by atoms with Crippen LogP contribution in [-0.2, 0) is 14.4 Å². The number of hydrogen-bond donors (Lipinski definition) is 2. The van der Waals surface area contributed by atoms with E-state index in [4.69, 9.17) is 9.47 Å². The standard InChI is InChI=1S/C26H33N5O5/c1-35-20-7-5-6-19(16-20)30-14-12-29(13-15-30)18-25(33)31-11-10-27-26(34)22(31)17-24(32)28-21-8-3-4-9-23(21)36-2/h3-9,16,22H,10-15,17-18H2,1-2H3,(H,27,34)(H,28,32). The van der Waals surface area contributed by atoms with Crippen LogP contribution in [0, 0.1) is 0 Å². The zero-order valence-electron chi connectivity index (χ0n) is 20.7. The maximum atomic E-state index is 13.2. The van der Waals surface area contributed by atoms with Crippen molar-refractivity contribution in [1.29, 1.82) is 0 Å². The number of carbonyl (C=O) groups excluding carboxylic acids is 3. The van der Waals surface area contributed by atoms with Gasteiger partial charge in [0.05, 0.1) is 32.9 Å². The van der Waals surface area contributed by atoms with Crippen LogP contribution in [0.15, 0.2) is 48.5 Å². The van der Waals surface area contributed by atoms with Crippen molar-refractivity contribution < 1.29 is 23.9 Å². The molecule has 0 spiro atoms. The molecule has 36 heavy (non-hydrogen) atoms. The van der Waals surface area contributed by atoms with Gasteiger partial charge in [-0.25, -0.2) is 0 Å². The summed E-state index contributed by atoms with van der Waals surface area (Å²) in [5.41, 5.74) is 1.61. The lowest BCUT2D eigenvalue weighted by Crippen LogP contribution is -2.60. The Labute approximate surface area is 211 Å². The largest absolute Gasteiger partial charge is 0.497 e. The third kappa shape index (κ3) is 6.06. The molecule has 0 bridgehead atoms. The van der Waals surface area contributed by atoms with Crippen LogP contribution in [0.2, 0.25) is 0 Å². The van der Waals surface area contributed by atoms with E-state index in [0.29, 0.717) is 24.5 Å². The quantitative estimate of drug-likeness (QED) is 0.567. The first-order valence-corrected chi connectivity index (χ1v) is 12.1. The van der Waals surface area contributed by atoms with E-state index in [-0.39, 0.29) is 30.7 Å². The van der Waals surface area contributed by atoms with Gasteiger partial charge in [-0.1, -0.05) is 18.2 Å². The fraction of sp³-hybridized carbons (Fsp3) is 0.423. The van der Waals surface area contributed by atoms with Crippen molar-refractivity contribution in [3.63, 3.8) is 0 Å². The first-order valence-electron chi connectivity index (χ1n) is 12.1. The monoisotopic (exact) mass is 495 g/mol. The van der Waals surface area contributed by atoms with E-state index in [9.17, 15) is 14.4 Å². The fourth-order valence-electron chi connectivity index (χ4n) is 4.59. The average Bonchev–Trinajstić information content (AvgIpc) is 2.90. The van der Waals surface area contributed by atoms with Crippen molar-refractivity contribution in [3.8, 4) is 11.5 Å². The number of nitrogens with one attached hydrogen (secondary N) is 2. The van der Waals surface area contributed by atoms with Gasteiger partial charge in [-0.3, -0.25) is 19.3 Å². The maximum absolute atomic E-state index is 13.2. The third-order valence-corrected chi connectivity index (χ3v) is 6.56. The Bertz CT molecular complexity index is 1090. The average molecular weight is 496 g/mol. The minimum Gasteiger partial charge on any atom is -0.497 e. The Morgan fingerprint density at radius 3 is 2.53 bits per heavy atom. The van der Waals surface area contributed by atoms with Crippen molar-refractivity contribution in [2.45, 2.75) is 12.5 Å². The molecule has 2 saturated heterocycles. The van der Waals surface area contributed by atoms with Crippen LogP contribution in [0.4, 0.5) is 11.4 Å². The van der Waals surface area contributed by atoms with E-state index in [1.807, 2.05) is 18.2 Å². The highest BCUT2D eigenvalue weighted by molar-refractivity contribution is 5.98. The smallest absolute Gasteiger partial charge is 0.243 e. The number of anilines is 2. The van der Waals surface area contributed by atoms with Gasteiger partial charge in [0.1, 0.15) is 17.5 Å². The number of rotatable bonds is 8. The van der Waals surface area contributed by atoms with Crippen LogP contribution in [0.25, 0.3) is 0 Å². The molecule has 0 aliphatic carbocycles. The van der Waals surface area contributed by atoms with Crippen molar-refractivity contribution in [2.24, 2.45) is 0 Å². The number of carbonyl (C=O) groups is 3. The minimum absolute atomic E-state index is 0.126. The number of hydrogen-bond acceptors (Lipinski definition) is 7. The molecule has 0 aromatic heterocycles. The summed E-state index contributed by atoms with van der Waals surface area (Å²) in [4.78, 5) is 44.5. The van der Waals surface area contributed by atoms with Crippen molar-refractivity contribution in [1.82, 2.24) is 15.1 Å². The third-order valence-electron chi connectivity index (χ3n) is 6.56. The van der Waals surface area contributed by atoms with E-state index in [1.165, 1.54) is 12.0 Å². The molecule has 10 nitrogen and oxygen atoms in total. The van der Waals surface area contributed by atoms with Gasteiger partial charge in [-0.05, 0) is 24.3 Å². The molecule has 2 fully saturated rings. The first kappa shape index (κ1) is 25.3. The molecule has 2 aliphatic heterocycles. The topological polar surface area (TPSA) is 103 Å². The molecule has 4 rings (SSSR count). The highest BCUT2D eigenvalue weighted by atomic mass is 16.5. The summed E-state index contributed by atoms with van der Waals surface area (Å²) in [6.45, 7) is 3.98. The zero-order valence-corrected chi connectivity index (χ0v) is 20.7. The highest BCUT2D eigenvalue weighted by Gasteiger charge is 2.35. The molecule has 1 atom stereocenters. The van der Waals surface area contributed by atoms with Gasteiger partial charge < -0.3 is 29.9 Å². The summed E-state index contributed by atoms with van der Waals surface area (Å²) >= 11 is 0. The summed E-state index contributed by atoms with van der Waals surface area (Å²) in [5, 5.41) is 5.57. The van der Waals surface area contributed by atoms with E-state index in [2.05, 4.69) is 26.5 Å². The SMILES string of the molecule is COc1cccc(N2CCN(CC(=O)N3CCNC(=O)C3CC(=O)Nc3ccccc3OC)CC2)c1. The molecular formula is C26H33N5O5. The molecule has 2 aromatic rings. The summed E-state index contributed by atoms with van der Waals surface area (Å²) in [7, 11) is 3.18. The molecule has 192 valence electrons. The highest BCUT2D eigenvalue weighted by Crippen LogP contribution is 2.24. The van der Waals surface area contributed by atoms with Crippen LogP contribution in [0.5, 0.6) is 11.5 Å². The van der Waals surface area contributed by atoms with Gasteiger partial charge in [-0.2, -0.15) is 0 Å². The first-order chi connectivity index (χ1) is 17.5. The normalized spacial score (nSPS) is 18.4. The predicted octanol–water partition coefficient (Wildman–Crippen LogP) is 1.18. The Hall–Kier alpha value is -3.79. The number of methoxy groups -OCH3 is 2. The van der Waals surface area contributed by atoms with Crippen LogP contribution in [0.3, 0.4) is 0 Å². The summed E-state index contributed by atoms with van der Waals surface area (Å²) in [6, 6.07) is 14.2. The second-order valence-corrected chi connectivity index (χ2v) is 8.81. The molecule has 1 unspecified atom stereocenters. The molecule has 0 saturated carbocycles. The lowest BCUT2D eigenvalue weighted by atomic mass is 10.1. The lowest BCUT2D eigenvalue weighted by molar-refractivity contribution is -0.145. The van der Waals surface area contributed by atoms with Gasteiger partial charge in [0.15, 0.2) is 0 Å². The summed E-state index contributed by atoms with van der Waals surface area (Å²) in [5.74, 6) is 0.530. The fourth-order valence-corrected chi connectivity index (χ4v) is 4.59. The minimum atomic E-state index is -0.848. The number of para-hydroxylation sites is 2. The summed E-state index contributed by atoms with van der Waals surface area (Å²) < 4.78 is 10.6. The van der Waals surface area contributed by atoms with E-state index in [0.717, 1.165) is 37.6 Å². The Morgan fingerprint density at radius 2 is 1.78 bits per heavy atom. The molecule has 2 N–H and O–H groups in total. The van der Waals surface area contributed by atoms with Gasteiger partial charge >= 0.3 is 0 Å². The van der Waals surface area contributed by atoms with E-state index < -0.39 is 6.04 Å². The van der Waals surface area contributed by atoms with Crippen LogP contribution >= 0.6 is 0 Å². The zero-order chi connectivity index (χ0) is 25.5. The lowest BCUT2D eigenvalue weighted by Gasteiger charge is -2.39. The van der Waals surface area contributed by atoms with Gasteiger partial charge in [-0.15, -0.1) is 0 Å². The van der Waals surface area contributed by atoms with Crippen LogP contribution in [-0.4, -0.2) is 93.6 Å². The van der Waals surface area contributed by atoms with Gasteiger partial charge in [0.2, 0.25) is 17.7 Å². The molecule has 2 heterocycles. The second-order valence-electron chi connectivity index (χ2n) is 8.81. The number of amides is 3. The number of benzene rings is 2. The van der Waals surface area contributed by atoms with E-state index >= 15 is 0 Å². The molecule has 2 aliphatic rings. The Morgan fingerprint density at radius 1 is 1.00 bits per heavy atom. The van der Waals surface area contributed by atoms with Crippen molar-refractivity contribution in [2.75, 3.05) is 70.2 Å². The molecule has 10 heteroatoms. The van der Waals surface area contributed by atoms with E-state index in [1.54, 1.807) is 31.4 Å². The molecule has 3 amide bonds. The number of piperazine rings is 2. The van der Waals surface area contributed by atoms with Crippen LogP contribution < -0.4 is 25.0 Å². The van der Waals surface area contributed by atoms with Gasteiger partial charge in [0, 0.05) is 51.0 Å². The maximum Gasteiger partial charge on any atom is 0.243 e. The van der Waals surface area contributed by atoms with Gasteiger partial charge in [0.25, 0.3) is 0 Å². The number of ether oxygens (including phenoxy) is 2.